The molecule has 1 atom stereocenters. The lowest BCUT2D eigenvalue weighted by Crippen LogP contribution is -2.12. The maximum Gasteiger partial charge on any atom is 0.130 e. The van der Waals surface area contributed by atoms with Crippen molar-refractivity contribution < 1.29 is 0 Å². The first kappa shape index (κ1) is 14.7. The van der Waals surface area contributed by atoms with Crippen LogP contribution in [0.15, 0.2) is 36.5 Å². The first-order valence-corrected chi connectivity index (χ1v) is 7.31. The molecule has 106 valence electrons. The molecule has 3 heteroatoms. The largest absolute Gasteiger partial charge is 0.319 e. The molecule has 0 saturated carbocycles. The normalized spacial score (nSPS) is 12.3. The average Bonchev–Trinajstić information content (AvgIpc) is 2.52. The molecule has 1 N–H and O–H groups in total. The summed E-state index contributed by atoms with van der Waals surface area (Å²) in [5, 5.41) is 3.12. The number of hydrogen-bond acceptors (Lipinski definition) is 3. The van der Waals surface area contributed by atoms with Gasteiger partial charge in [-0.1, -0.05) is 38.1 Å². The van der Waals surface area contributed by atoms with Crippen LogP contribution in [0, 0.1) is 0 Å². The highest BCUT2D eigenvalue weighted by Gasteiger charge is 2.05. The third-order valence-electron chi connectivity index (χ3n) is 3.69. The van der Waals surface area contributed by atoms with Crippen molar-refractivity contribution in [3.8, 4) is 11.3 Å². The highest BCUT2D eigenvalue weighted by Crippen LogP contribution is 2.23. The van der Waals surface area contributed by atoms with Gasteiger partial charge in [-0.3, -0.25) is 0 Å². The molecule has 0 saturated heterocycles. The summed E-state index contributed by atoms with van der Waals surface area (Å²) in [5.74, 6) is 1.50. The fourth-order valence-corrected chi connectivity index (χ4v) is 2.14. The smallest absolute Gasteiger partial charge is 0.130 e. The van der Waals surface area contributed by atoms with Gasteiger partial charge in [0.15, 0.2) is 0 Å². The molecule has 20 heavy (non-hydrogen) atoms. The Morgan fingerprint density at radius 2 is 1.90 bits per heavy atom. The van der Waals surface area contributed by atoms with Crippen LogP contribution in [0.4, 0.5) is 0 Å². The van der Waals surface area contributed by atoms with Crippen LogP contribution in [0.2, 0.25) is 0 Å². The molecular formula is C17H23N3. The van der Waals surface area contributed by atoms with E-state index in [0.717, 1.165) is 30.0 Å². The molecule has 1 aromatic heterocycles. The molecule has 2 rings (SSSR count). The van der Waals surface area contributed by atoms with Crippen molar-refractivity contribution >= 4 is 0 Å². The number of aromatic nitrogens is 2. The zero-order valence-electron chi connectivity index (χ0n) is 12.6. The average molecular weight is 269 g/mol. The number of likely N-dealkylation sites (N-methyl/N-ethyl adjacent to an activating group) is 1. The molecule has 0 bridgehead atoms. The minimum atomic E-state index is 0.612. The maximum atomic E-state index is 4.62. The molecule has 0 aliphatic carbocycles. The van der Waals surface area contributed by atoms with Crippen LogP contribution in [-0.4, -0.2) is 23.6 Å². The van der Waals surface area contributed by atoms with E-state index in [9.17, 15) is 0 Å². The Balaban J connectivity index is 2.18. The zero-order valence-corrected chi connectivity index (χ0v) is 12.6. The van der Waals surface area contributed by atoms with E-state index < -0.39 is 0 Å². The second-order valence-electron chi connectivity index (χ2n) is 5.14. The number of nitrogens with zero attached hydrogens (tertiary/aromatic N) is 2. The van der Waals surface area contributed by atoms with E-state index in [1.807, 2.05) is 19.3 Å². The highest BCUT2D eigenvalue weighted by molar-refractivity contribution is 5.59. The molecule has 2 aromatic rings. The van der Waals surface area contributed by atoms with Crippen molar-refractivity contribution in [1.29, 1.82) is 0 Å². The van der Waals surface area contributed by atoms with E-state index in [2.05, 4.69) is 53.4 Å². The summed E-state index contributed by atoms with van der Waals surface area (Å²) in [6.45, 7) is 5.38. The number of rotatable bonds is 6. The molecule has 1 aromatic carbocycles. The first-order valence-electron chi connectivity index (χ1n) is 7.31. The van der Waals surface area contributed by atoms with E-state index in [1.54, 1.807) is 0 Å². The van der Waals surface area contributed by atoms with Crippen LogP contribution in [0.5, 0.6) is 0 Å². The van der Waals surface area contributed by atoms with Crippen LogP contribution >= 0.6 is 0 Å². The van der Waals surface area contributed by atoms with Crippen LogP contribution in [0.1, 0.15) is 37.6 Å². The predicted octanol–water partition coefficient (Wildman–Crippen LogP) is 3.42. The summed E-state index contributed by atoms with van der Waals surface area (Å²) >= 11 is 0. The SMILES string of the molecule is CCC(C)c1ccc(-c2ccnc(CCNC)n2)cc1. The Bertz CT molecular complexity index is 534. The van der Waals surface area contributed by atoms with Crippen molar-refractivity contribution in [1.82, 2.24) is 15.3 Å². The summed E-state index contributed by atoms with van der Waals surface area (Å²) < 4.78 is 0. The van der Waals surface area contributed by atoms with Gasteiger partial charge in [-0.05, 0) is 31.0 Å². The van der Waals surface area contributed by atoms with Gasteiger partial charge < -0.3 is 5.32 Å². The van der Waals surface area contributed by atoms with Crippen molar-refractivity contribution in [2.75, 3.05) is 13.6 Å². The van der Waals surface area contributed by atoms with Gasteiger partial charge >= 0.3 is 0 Å². The summed E-state index contributed by atoms with van der Waals surface area (Å²) in [7, 11) is 1.94. The maximum absolute atomic E-state index is 4.62. The summed E-state index contributed by atoms with van der Waals surface area (Å²) in [6, 6.07) is 10.7. The van der Waals surface area contributed by atoms with Crippen molar-refractivity contribution in [2.24, 2.45) is 0 Å². The molecule has 0 fully saturated rings. The molecule has 0 radical (unpaired) electrons. The Kier molecular flexibility index (Phi) is 5.24. The summed E-state index contributed by atoms with van der Waals surface area (Å²) in [4.78, 5) is 8.93. The minimum absolute atomic E-state index is 0.612. The standard InChI is InChI=1S/C17H23N3/c1-4-13(2)14-5-7-15(8-6-14)16-9-12-19-17(20-16)10-11-18-3/h5-9,12-13,18H,4,10-11H2,1-3H3. The van der Waals surface area contributed by atoms with Crippen molar-refractivity contribution in [3.63, 3.8) is 0 Å². The molecule has 0 aliphatic rings. The monoisotopic (exact) mass is 269 g/mol. The van der Waals surface area contributed by atoms with E-state index in [0.29, 0.717) is 5.92 Å². The zero-order chi connectivity index (χ0) is 14.4. The fourth-order valence-electron chi connectivity index (χ4n) is 2.14. The van der Waals surface area contributed by atoms with Gasteiger partial charge in [0.05, 0.1) is 5.69 Å². The van der Waals surface area contributed by atoms with Gasteiger partial charge in [0, 0.05) is 24.7 Å². The van der Waals surface area contributed by atoms with Crippen molar-refractivity contribution in [3.05, 3.63) is 47.9 Å². The Labute approximate surface area is 121 Å². The van der Waals surface area contributed by atoms with E-state index in [1.165, 1.54) is 12.0 Å². The van der Waals surface area contributed by atoms with Gasteiger partial charge in [0.2, 0.25) is 0 Å². The second-order valence-corrected chi connectivity index (χ2v) is 5.14. The van der Waals surface area contributed by atoms with Gasteiger partial charge in [0.1, 0.15) is 5.82 Å². The van der Waals surface area contributed by atoms with Crippen LogP contribution < -0.4 is 5.32 Å². The number of hydrogen-bond donors (Lipinski definition) is 1. The lowest BCUT2D eigenvalue weighted by Gasteiger charge is -2.10. The van der Waals surface area contributed by atoms with Crippen LogP contribution in [0.3, 0.4) is 0 Å². The summed E-state index contributed by atoms with van der Waals surface area (Å²) in [6.07, 6.45) is 3.87. The van der Waals surface area contributed by atoms with Crippen LogP contribution in [0.25, 0.3) is 11.3 Å². The summed E-state index contributed by atoms with van der Waals surface area (Å²) in [5.41, 5.74) is 3.55. The topological polar surface area (TPSA) is 37.8 Å². The Hall–Kier alpha value is -1.74. The lowest BCUT2D eigenvalue weighted by atomic mass is 9.97. The first-order chi connectivity index (χ1) is 9.74. The third kappa shape index (κ3) is 3.64. The van der Waals surface area contributed by atoms with E-state index in [4.69, 9.17) is 0 Å². The minimum Gasteiger partial charge on any atom is -0.319 e. The van der Waals surface area contributed by atoms with Gasteiger partial charge in [-0.2, -0.15) is 0 Å². The number of nitrogens with one attached hydrogen (secondary N) is 1. The van der Waals surface area contributed by atoms with E-state index in [-0.39, 0.29) is 0 Å². The molecule has 1 heterocycles. The molecule has 0 amide bonds. The Morgan fingerprint density at radius 1 is 1.15 bits per heavy atom. The molecular weight excluding hydrogens is 246 g/mol. The van der Waals surface area contributed by atoms with Gasteiger partial charge in [-0.15, -0.1) is 0 Å². The molecule has 0 aliphatic heterocycles. The van der Waals surface area contributed by atoms with Crippen LogP contribution in [-0.2, 0) is 6.42 Å². The number of benzene rings is 1. The van der Waals surface area contributed by atoms with Gasteiger partial charge in [0.25, 0.3) is 0 Å². The predicted molar refractivity (Wildman–Crippen MR) is 83.8 cm³/mol. The third-order valence-corrected chi connectivity index (χ3v) is 3.69. The molecule has 1 unspecified atom stereocenters. The highest BCUT2D eigenvalue weighted by atomic mass is 14.9. The molecule has 3 nitrogen and oxygen atoms in total. The second kappa shape index (κ2) is 7.15. The lowest BCUT2D eigenvalue weighted by molar-refractivity contribution is 0.733. The van der Waals surface area contributed by atoms with Crippen molar-refractivity contribution in [2.45, 2.75) is 32.6 Å². The van der Waals surface area contributed by atoms with E-state index >= 15 is 0 Å². The fraction of sp³-hybridized carbons (Fsp3) is 0.412. The van der Waals surface area contributed by atoms with Gasteiger partial charge in [-0.25, -0.2) is 9.97 Å². The molecule has 0 spiro atoms. The Morgan fingerprint density at radius 3 is 2.55 bits per heavy atom. The quantitative estimate of drug-likeness (QED) is 0.873.